The van der Waals surface area contributed by atoms with E-state index in [9.17, 15) is 0 Å². The molecule has 0 N–H and O–H groups in total. The topological polar surface area (TPSA) is 69.9 Å². The molecule has 0 bridgehead atoms. The zero-order valence-corrected chi connectivity index (χ0v) is 37.0. The van der Waals surface area contributed by atoms with Crippen molar-refractivity contribution in [3.05, 3.63) is 231 Å². The van der Waals surface area contributed by atoms with E-state index in [0.717, 1.165) is 99.5 Å². The smallest absolute Gasteiger partial charge is 0.167 e. The summed E-state index contributed by atoms with van der Waals surface area (Å²) >= 11 is 0. The molecule has 322 valence electrons. The van der Waals surface area contributed by atoms with Gasteiger partial charge >= 0.3 is 0 Å². The van der Waals surface area contributed by atoms with Crippen molar-refractivity contribution in [3.63, 3.8) is 0 Å². The molecule has 0 amide bonds. The molecule has 69 heavy (non-hydrogen) atoms. The van der Waals surface area contributed by atoms with Gasteiger partial charge < -0.3 is 13.4 Å². The van der Waals surface area contributed by atoms with E-state index in [1.807, 2.05) is 42.5 Å². The molecule has 0 unspecified atom stereocenters. The van der Waals surface area contributed by atoms with Crippen molar-refractivity contribution in [1.82, 2.24) is 19.5 Å². The first kappa shape index (κ1) is 38.8. The van der Waals surface area contributed by atoms with Crippen molar-refractivity contribution in [2.45, 2.75) is 0 Å². The Bertz CT molecular complexity index is 4290. The van der Waals surface area contributed by atoms with Gasteiger partial charge in [0, 0.05) is 49.0 Å². The van der Waals surface area contributed by atoms with E-state index in [0.29, 0.717) is 17.5 Å². The maximum atomic E-state index is 7.02. The maximum Gasteiger partial charge on any atom is 0.167 e. The monoisotopic (exact) mass is 882 g/mol. The second-order valence-corrected chi connectivity index (χ2v) is 17.5. The van der Waals surface area contributed by atoms with Crippen LogP contribution in [0.1, 0.15) is 0 Å². The summed E-state index contributed by atoms with van der Waals surface area (Å²) in [5, 5.41) is 6.48. The lowest BCUT2D eigenvalue weighted by atomic mass is 10.00. The lowest BCUT2D eigenvalue weighted by Crippen LogP contribution is -2.00. The van der Waals surface area contributed by atoms with Gasteiger partial charge in [0.25, 0.3) is 0 Å². The molecule has 6 nitrogen and oxygen atoms in total. The second kappa shape index (κ2) is 15.6. The average molecular weight is 883 g/mol. The predicted molar refractivity (Wildman–Crippen MR) is 281 cm³/mol. The second-order valence-electron chi connectivity index (χ2n) is 17.5. The van der Waals surface area contributed by atoms with Crippen LogP contribution in [0.5, 0.6) is 0 Å². The maximum absolute atomic E-state index is 7.02. The largest absolute Gasteiger partial charge is 0.455 e. The van der Waals surface area contributed by atoms with Crippen LogP contribution >= 0.6 is 0 Å². The minimum Gasteiger partial charge on any atom is -0.455 e. The number of para-hydroxylation sites is 4. The molecule has 4 aromatic heterocycles. The molecule has 14 rings (SSSR count). The Labute approximate surface area is 396 Å². The third-order valence-corrected chi connectivity index (χ3v) is 13.5. The van der Waals surface area contributed by atoms with E-state index in [4.69, 9.17) is 23.8 Å². The van der Waals surface area contributed by atoms with E-state index in [1.54, 1.807) is 0 Å². The highest BCUT2D eigenvalue weighted by molar-refractivity contribution is 6.16. The molecule has 0 fully saturated rings. The molecule has 4 heterocycles. The highest BCUT2D eigenvalue weighted by Gasteiger charge is 2.22. The number of rotatable bonds is 7. The van der Waals surface area contributed by atoms with Crippen molar-refractivity contribution < 1.29 is 8.83 Å². The summed E-state index contributed by atoms with van der Waals surface area (Å²) in [7, 11) is 0. The first-order chi connectivity index (χ1) is 34.2. The number of nitrogens with zero attached hydrogens (tertiary/aromatic N) is 4. The first-order valence-electron chi connectivity index (χ1n) is 23.2. The fourth-order valence-electron chi connectivity index (χ4n) is 10.2. The van der Waals surface area contributed by atoms with Gasteiger partial charge in [0.05, 0.1) is 22.3 Å². The van der Waals surface area contributed by atoms with Gasteiger partial charge in [-0.25, -0.2) is 15.0 Å². The van der Waals surface area contributed by atoms with Crippen molar-refractivity contribution in [2.24, 2.45) is 0 Å². The van der Waals surface area contributed by atoms with Gasteiger partial charge in [-0.1, -0.05) is 188 Å². The van der Waals surface area contributed by atoms with Gasteiger partial charge in [-0.05, 0) is 70.3 Å². The predicted octanol–water partition coefficient (Wildman–Crippen LogP) is 16.8. The summed E-state index contributed by atoms with van der Waals surface area (Å²) in [6, 6.07) is 80.3. The van der Waals surface area contributed by atoms with Crippen LogP contribution in [0.15, 0.2) is 239 Å². The molecule has 0 radical (unpaired) electrons. The van der Waals surface area contributed by atoms with Crippen molar-refractivity contribution in [1.29, 1.82) is 0 Å². The third kappa shape index (κ3) is 6.38. The van der Waals surface area contributed by atoms with Gasteiger partial charge in [0.15, 0.2) is 23.1 Å². The Morgan fingerprint density at radius 2 is 0.754 bits per heavy atom. The molecule has 0 aliphatic rings. The standard InChI is InChI=1S/C63H38N4O2/c1-4-15-39(16-5-1)41-29-31-43(32-30-41)62-64-61(42-19-8-3-9-20-42)65-63(66-62)51-26-13-24-49-48-23-12-22-46(58(48)69-59(49)51)45-34-36-57-53(38-45)50-25-14-28-56(60(50)68-57)67-54-27-11-10-21-47(54)52-37-44(33-35-55(52)67)40-17-6-2-7-18-40/h1-38H. The fourth-order valence-corrected chi connectivity index (χ4v) is 10.2. The minimum atomic E-state index is 0.541. The van der Waals surface area contributed by atoms with E-state index in [-0.39, 0.29) is 0 Å². The summed E-state index contributed by atoms with van der Waals surface area (Å²) in [6.45, 7) is 0. The zero-order valence-electron chi connectivity index (χ0n) is 37.0. The molecule has 14 aromatic rings. The molecule has 0 aliphatic carbocycles. The van der Waals surface area contributed by atoms with E-state index >= 15 is 0 Å². The molecule has 0 aliphatic heterocycles. The average Bonchev–Trinajstić information content (AvgIpc) is 4.11. The summed E-state index contributed by atoms with van der Waals surface area (Å²) < 4.78 is 16.2. The summed E-state index contributed by atoms with van der Waals surface area (Å²) in [4.78, 5) is 15.3. The molecule has 10 aromatic carbocycles. The van der Waals surface area contributed by atoms with Gasteiger partial charge in [-0.3, -0.25) is 0 Å². The summed E-state index contributed by atoms with van der Waals surface area (Å²) in [5.41, 5.74) is 15.7. The molecule has 0 saturated carbocycles. The number of fused-ring (bicyclic) bond motifs is 9. The van der Waals surface area contributed by atoms with Crippen molar-refractivity contribution in [2.75, 3.05) is 0 Å². The minimum absolute atomic E-state index is 0.541. The van der Waals surface area contributed by atoms with E-state index in [2.05, 4.69) is 193 Å². The van der Waals surface area contributed by atoms with E-state index < -0.39 is 0 Å². The SMILES string of the molecule is c1ccc(-c2ccc(-c3nc(-c4ccccc4)nc(-c4cccc5c4oc4c(-c6ccc7oc8c(-n9c%10ccccc%10c%10cc(-c%11ccccc%11)ccc%109)cccc8c7c6)cccc45)n3)cc2)cc1. The van der Waals surface area contributed by atoms with Crippen LogP contribution in [0.2, 0.25) is 0 Å². The molecule has 6 heteroatoms. The molecule has 0 saturated heterocycles. The molecular formula is C63H38N4O2. The molecule has 0 atom stereocenters. The van der Waals surface area contributed by atoms with Gasteiger partial charge in [-0.2, -0.15) is 0 Å². The Morgan fingerprint density at radius 3 is 1.48 bits per heavy atom. The van der Waals surface area contributed by atoms with Crippen LogP contribution in [-0.4, -0.2) is 19.5 Å². The van der Waals surface area contributed by atoms with Crippen molar-refractivity contribution in [3.8, 4) is 73.2 Å². The Morgan fingerprint density at radius 1 is 0.275 bits per heavy atom. The van der Waals surface area contributed by atoms with E-state index in [1.165, 1.54) is 21.9 Å². The third-order valence-electron chi connectivity index (χ3n) is 13.5. The van der Waals surface area contributed by atoms with Crippen LogP contribution in [0.4, 0.5) is 0 Å². The number of hydrogen-bond acceptors (Lipinski definition) is 5. The van der Waals surface area contributed by atoms with Gasteiger partial charge in [0.2, 0.25) is 0 Å². The highest BCUT2D eigenvalue weighted by Crippen LogP contribution is 2.43. The van der Waals surface area contributed by atoms with Crippen LogP contribution in [-0.2, 0) is 0 Å². The fraction of sp³-hybridized carbons (Fsp3) is 0. The van der Waals surface area contributed by atoms with Gasteiger partial charge in [0.1, 0.15) is 16.7 Å². The van der Waals surface area contributed by atoms with Crippen LogP contribution in [0.25, 0.3) is 139 Å². The number of benzene rings is 10. The quantitative estimate of drug-likeness (QED) is 0.159. The van der Waals surface area contributed by atoms with Crippen LogP contribution in [0, 0.1) is 0 Å². The highest BCUT2D eigenvalue weighted by atomic mass is 16.3. The lowest BCUT2D eigenvalue weighted by Gasteiger charge is -2.09. The number of furan rings is 2. The molecular weight excluding hydrogens is 845 g/mol. The van der Waals surface area contributed by atoms with Crippen molar-refractivity contribution >= 4 is 65.7 Å². The Hall–Kier alpha value is -9.39. The Kier molecular flexibility index (Phi) is 8.79. The summed E-state index contributed by atoms with van der Waals surface area (Å²) in [5.74, 6) is 1.72. The van der Waals surface area contributed by atoms with Gasteiger partial charge in [-0.15, -0.1) is 0 Å². The lowest BCUT2D eigenvalue weighted by molar-refractivity contribution is 0.666. The first-order valence-corrected chi connectivity index (χ1v) is 23.2. The number of hydrogen-bond donors (Lipinski definition) is 0. The number of aromatic nitrogens is 4. The summed E-state index contributed by atoms with van der Waals surface area (Å²) in [6.07, 6.45) is 0. The van der Waals surface area contributed by atoms with Crippen LogP contribution in [0.3, 0.4) is 0 Å². The Balaban J connectivity index is 0.891. The zero-order chi connectivity index (χ0) is 45.4. The molecule has 0 spiro atoms. The normalized spacial score (nSPS) is 11.8. The van der Waals surface area contributed by atoms with Crippen LogP contribution < -0.4 is 0 Å².